The molecule has 10 heteroatoms. The molecule has 3 aromatic rings. The normalized spacial score (nSPS) is 14.4. The van der Waals surface area contributed by atoms with Crippen molar-refractivity contribution in [3.63, 3.8) is 0 Å². The first-order valence-electron chi connectivity index (χ1n) is 12.1. The first-order valence-corrected chi connectivity index (χ1v) is 12.9. The van der Waals surface area contributed by atoms with Crippen LogP contribution in [0, 0.1) is 13.8 Å². The van der Waals surface area contributed by atoms with Crippen LogP contribution in [0.1, 0.15) is 23.6 Å². The summed E-state index contributed by atoms with van der Waals surface area (Å²) in [5.41, 5.74) is 2.73. The molecular formula is C29H26Cl2N2O6. The number of carbonyl (C=O) groups excluding carboxylic acids is 3. The summed E-state index contributed by atoms with van der Waals surface area (Å²) in [4.78, 5) is 39.0. The van der Waals surface area contributed by atoms with Crippen LogP contribution >= 0.6 is 23.2 Å². The Morgan fingerprint density at radius 2 is 1.59 bits per heavy atom. The van der Waals surface area contributed by atoms with Gasteiger partial charge in [0.1, 0.15) is 24.5 Å². The number of anilines is 1. The van der Waals surface area contributed by atoms with Crippen molar-refractivity contribution in [2.24, 2.45) is 0 Å². The van der Waals surface area contributed by atoms with Gasteiger partial charge < -0.3 is 14.2 Å². The lowest BCUT2D eigenvalue weighted by molar-refractivity contribution is -0.122. The second-order valence-corrected chi connectivity index (χ2v) is 9.48. The van der Waals surface area contributed by atoms with E-state index in [1.807, 2.05) is 32.0 Å². The van der Waals surface area contributed by atoms with E-state index in [0.29, 0.717) is 28.7 Å². The number of barbiturate groups is 1. The van der Waals surface area contributed by atoms with Crippen molar-refractivity contribution in [1.29, 1.82) is 0 Å². The number of hydrogen-bond donors (Lipinski definition) is 1. The molecule has 202 valence electrons. The molecule has 0 aliphatic carbocycles. The fourth-order valence-corrected chi connectivity index (χ4v) is 4.23. The lowest BCUT2D eigenvalue weighted by Gasteiger charge is -2.26. The lowest BCUT2D eigenvalue weighted by atomic mass is 10.1. The number of rotatable bonds is 9. The number of aryl methyl sites for hydroxylation is 2. The molecule has 0 unspecified atom stereocenters. The summed E-state index contributed by atoms with van der Waals surface area (Å²) in [7, 11) is 0. The van der Waals surface area contributed by atoms with Gasteiger partial charge in [-0.2, -0.15) is 0 Å². The Balaban J connectivity index is 1.54. The van der Waals surface area contributed by atoms with Gasteiger partial charge in [0.2, 0.25) is 0 Å². The molecule has 0 saturated carbocycles. The zero-order chi connectivity index (χ0) is 28.1. The Hall–Kier alpha value is -4.01. The molecule has 0 atom stereocenters. The minimum atomic E-state index is -0.857. The molecule has 8 nitrogen and oxygen atoms in total. The van der Waals surface area contributed by atoms with Crippen molar-refractivity contribution in [3.05, 3.63) is 86.9 Å². The average molecular weight is 569 g/mol. The van der Waals surface area contributed by atoms with E-state index in [1.54, 1.807) is 19.1 Å². The van der Waals surface area contributed by atoms with Crippen molar-refractivity contribution in [2.45, 2.75) is 20.8 Å². The Morgan fingerprint density at radius 3 is 2.28 bits per heavy atom. The summed E-state index contributed by atoms with van der Waals surface area (Å²) in [5, 5.41) is 2.84. The minimum absolute atomic E-state index is 0.201. The molecule has 4 rings (SSSR count). The van der Waals surface area contributed by atoms with Crippen molar-refractivity contribution < 1.29 is 28.6 Å². The summed E-state index contributed by atoms with van der Waals surface area (Å²) in [6, 6.07) is 14.2. The van der Waals surface area contributed by atoms with E-state index in [4.69, 9.17) is 37.4 Å². The molecule has 3 aromatic carbocycles. The van der Waals surface area contributed by atoms with E-state index < -0.39 is 17.8 Å². The quantitative estimate of drug-likeness (QED) is 0.189. The van der Waals surface area contributed by atoms with E-state index >= 15 is 0 Å². The SMILES string of the molecule is CCOc1cc(/C=C2/C(=O)NC(=O)N(c3ccc(Cl)cc3)C2=O)cc(Cl)c1OCCOc1ccc(C)c(C)c1. The van der Waals surface area contributed by atoms with Crippen molar-refractivity contribution in [1.82, 2.24) is 5.32 Å². The highest BCUT2D eigenvalue weighted by atomic mass is 35.5. The first-order chi connectivity index (χ1) is 18.7. The number of carbonyl (C=O) groups is 3. The molecular weight excluding hydrogens is 543 g/mol. The van der Waals surface area contributed by atoms with Crippen LogP contribution in [0.15, 0.2) is 60.2 Å². The van der Waals surface area contributed by atoms with Gasteiger partial charge >= 0.3 is 6.03 Å². The van der Waals surface area contributed by atoms with Gasteiger partial charge in [0.25, 0.3) is 11.8 Å². The first kappa shape index (κ1) is 28.0. The molecule has 1 heterocycles. The Kier molecular flexibility index (Phi) is 8.79. The number of urea groups is 1. The van der Waals surface area contributed by atoms with Crippen LogP contribution in [-0.4, -0.2) is 37.7 Å². The highest BCUT2D eigenvalue weighted by molar-refractivity contribution is 6.39. The number of imide groups is 2. The largest absolute Gasteiger partial charge is 0.490 e. The standard InChI is InChI=1S/C29H26Cl2N2O6/c1-4-37-25-16-19(15-24(31)26(25)39-12-11-38-22-10-5-17(2)18(3)13-22)14-23-27(34)32-29(36)33(28(23)35)21-8-6-20(30)7-9-21/h5-10,13-16H,4,11-12H2,1-3H3,(H,32,34,36)/b23-14-. The molecule has 39 heavy (non-hydrogen) atoms. The van der Waals surface area contributed by atoms with Crippen LogP contribution in [0.4, 0.5) is 10.5 Å². The van der Waals surface area contributed by atoms with Crippen LogP contribution in [0.5, 0.6) is 17.2 Å². The second kappa shape index (κ2) is 12.2. The summed E-state index contributed by atoms with van der Waals surface area (Å²) in [5.74, 6) is -0.238. The minimum Gasteiger partial charge on any atom is -0.490 e. The molecule has 1 aliphatic rings. The number of ether oxygens (including phenoxy) is 3. The van der Waals surface area contributed by atoms with Gasteiger partial charge in [-0.25, -0.2) is 9.69 Å². The van der Waals surface area contributed by atoms with Gasteiger partial charge in [-0.1, -0.05) is 29.3 Å². The molecule has 4 amide bonds. The maximum absolute atomic E-state index is 13.2. The number of hydrogen-bond acceptors (Lipinski definition) is 6. The number of halogens is 2. The maximum Gasteiger partial charge on any atom is 0.335 e. The molecule has 0 spiro atoms. The zero-order valence-electron chi connectivity index (χ0n) is 21.5. The summed E-state index contributed by atoms with van der Waals surface area (Å²) in [6.07, 6.45) is 1.34. The highest BCUT2D eigenvalue weighted by Gasteiger charge is 2.36. The Morgan fingerprint density at radius 1 is 0.872 bits per heavy atom. The lowest BCUT2D eigenvalue weighted by Crippen LogP contribution is -2.54. The van der Waals surface area contributed by atoms with E-state index in [2.05, 4.69) is 5.32 Å². The molecule has 1 saturated heterocycles. The third-order valence-electron chi connectivity index (χ3n) is 5.91. The molecule has 1 N–H and O–H groups in total. The van der Waals surface area contributed by atoms with Gasteiger partial charge in [0.05, 0.1) is 17.3 Å². The summed E-state index contributed by atoms with van der Waals surface area (Å²) < 4.78 is 17.4. The number of nitrogens with one attached hydrogen (secondary N) is 1. The molecule has 0 radical (unpaired) electrons. The van der Waals surface area contributed by atoms with Crippen LogP contribution in [0.3, 0.4) is 0 Å². The molecule has 1 fully saturated rings. The number of amides is 4. The Labute approximate surface area is 236 Å². The van der Waals surface area contributed by atoms with Crippen LogP contribution in [0.2, 0.25) is 10.0 Å². The molecule has 0 aromatic heterocycles. The smallest absolute Gasteiger partial charge is 0.335 e. The van der Waals surface area contributed by atoms with Gasteiger partial charge in [0.15, 0.2) is 11.5 Å². The third kappa shape index (κ3) is 6.53. The van der Waals surface area contributed by atoms with Crippen LogP contribution in [-0.2, 0) is 9.59 Å². The highest BCUT2D eigenvalue weighted by Crippen LogP contribution is 2.37. The van der Waals surface area contributed by atoms with Crippen molar-refractivity contribution in [3.8, 4) is 17.2 Å². The number of nitrogens with zero attached hydrogens (tertiary/aromatic N) is 1. The van der Waals surface area contributed by atoms with Gasteiger partial charge in [-0.05, 0) is 92.1 Å². The van der Waals surface area contributed by atoms with E-state index in [-0.39, 0.29) is 29.5 Å². The fourth-order valence-electron chi connectivity index (χ4n) is 3.83. The van der Waals surface area contributed by atoms with Crippen LogP contribution in [0.25, 0.3) is 6.08 Å². The van der Waals surface area contributed by atoms with Gasteiger partial charge in [0, 0.05) is 5.02 Å². The third-order valence-corrected chi connectivity index (χ3v) is 6.44. The fraction of sp³-hybridized carbons (Fsp3) is 0.207. The predicted molar refractivity (Wildman–Crippen MR) is 150 cm³/mol. The van der Waals surface area contributed by atoms with Crippen molar-refractivity contribution >= 4 is 52.8 Å². The maximum atomic E-state index is 13.2. The van der Waals surface area contributed by atoms with E-state index in [9.17, 15) is 14.4 Å². The summed E-state index contributed by atoms with van der Waals surface area (Å²) >= 11 is 12.4. The monoisotopic (exact) mass is 568 g/mol. The van der Waals surface area contributed by atoms with E-state index in [1.165, 1.54) is 35.9 Å². The molecule has 1 aliphatic heterocycles. The van der Waals surface area contributed by atoms with E-state index in [0.717, 1.165) is 16.2 Å². The zero-order valence-corrected chi connectivity index (χ0v) is 23.1. The topological polar surface area (TPSA) is 94.2 Å². The Bertz CT molecular complexity index is 1450. The second-order valence-electron chi connectivity index (χ2n) is 8.64. The average Bonchev–Trinajstić information content (AvgIpc) is 2.89. The molecule has 0 bridgehead atoms. The number of benzene rings is 3. The van der Waals surface area contributed by atoms with Crippen LogP contribution < -0.4 is 24.4 Å². The van der Waals surface area contributed by atoms with Gasteiger partial charge in [-0.15, -0.1) is 0 Å². The van der Waals surface area contributed by atoms with Crippen molar-refractivity contribution in [2.75, 3.05) is 24.7 Å². The van der Waals surface area contributed by atoms with Gasteiger partial charge in [-0.3, -0.25) is 14.9 Å². The summed E-state index contributed by atoms with van der Waals surface area (Å²) in [6.45, 7) is 6.65. The predicted octanol–water partition coefficient (Wildman–Crippen LogP) is 6.13.